The second kappa shape index (κ2) is 6.54. The number of allylic oxidation sites excluding steroid dienone is 1. The Morgan fingerprint density at radius 3 is 2.44 bits per heavy atom. The highest BCUT2D eigenvalue weighted by Crippen LogP contribution is 2.26. The van der Waals surface area contributed by atoms with Crippen LogP contribution in [0.1, 0.15) is 0 Å². The number of aromatic nitrogens is 4. The van der Waals surface area contributed by atoms with Crippen molar-refractivity contribution in [3.8, 4) is 11.4 Å². The molecule has 0 saturated heterocycles. The highest BCUT2D eigenvalue weighted by molar-refractivity contribution is 14.2. The summed E-state index contributed by atoms with van der Waals surface area (Å²) in [5.74, 6) is 0.228. The Morgan fingerprint density at radius 2 is 1.83 bits per heavy atom. The fourth-order valence-corrected chi connectivity index (χ4v) is 1.85. The second-order valence-corrected chi connectivity index (χ2v) is 8.84. The van der Waals surface area contributed by atoms with Crippen molar-refractivity contribution < 1.29 is 4.39 Å². The Labute approximate surface area is 144 Å². The standard InChI is InChI=1S/C10H6FI3N4/c11-7-3-1-6(2-4-7)10-15-17-18(16-10)5-8(12)9(13)14/h1-4H,5H2. The van der Waals surface area contributed by atoms with Gasteiger partial charge in [-0.05, 0) is 97.3 Å². The van der Waals surface area contributed by atoms with Gasteiger partial charge >= 0.3 is 0 Å². The summed E-state index contributed by atoms with van der Waals surface area (Å²) in [5.41, 5.74) is 0.755. The number of hydrogen-bond donors (Lipinski definition) is 0. The molecule has 0 aliphatic heterocycles. The molecule has 0 spiro atoms. The summed E-state index contributed by atoms with van der Waals surface area (Å²) in [5, 5.41) is 12.2. The number of tetrazole rings is 1. The predicted octanol–water partition coefficient (Wildman–Crippen LogP) is 3.95. The summed E-state index contributed by atoms with van der Waals surface area (Å²) in [7, 11) is 0. The highest BCUT2D eigenvalue weighted by Gasteiger charge is 2.07. The first kappa shape index (κ1) is 14.6. The molecule has 0 unspecified atom stereocenters. The Hall–Kier alpha value is 0.150. The molecule has 4 nitrogen and oxygen atoms in total. The zero-order valence-electron chi connectivity index (χ0n) is 8.82. The molecule has 0 aliphatic carbocycles. The van der Waals surface area contributed by atoms with E-state index in [2.05, 4.69) is 83.2 Å². The van der Waals surface area contributed by atoms with Crippen molar-refractivity contribution in [1.29, 1.82) is 0 Å². The van der Waals surface area contributed by atoms with E-state index in [1.54, 1.807) is 12.1 Å². The lowest BCUT2D eigenvalue weighted by molar-refractivity contribution is 0.581. The molecule has 0 N–H and O–H groups in total. The first-order valence-corrected chi connectivity index (χ1v) is 8.03. The summed E-state index contributed by atoms with van der Waals surface area (Å²) in [6.07, 6.45) is 0. The van der Waals surface area contributed by atoms with Crippen molar-refractivity contribution in [3.63, 3.8) is 0 Å². The van der Waals surface area contributed by atoms with Crippen LogP contribution in [-0.2, 0) is 6.54 Å². The molecule has 94 valence electrons. The Balaban J connectivity index is 2.20. The number of nitrogens with zero attached hydrogens (tertiary/aromatic N) is 4. The summed E-state index contributed by atoms with van der Waals surface area (Å²) in [6, 6.07) is 6.04. The van der Waals surface area contributed by atoms with Crippen molar-refractivity contribution in [2.75, 3.05) is 0 Å². The number of rotatable bonds is 3. The monoisotopic (exact) mass is 582 g/mol. The smallest absolute Gasteiger partial charge is 0.204 e. The van der Waals surface area contributed by atoms with Gasteiger partial charge in [-0.25, -0.2) is 4.39 Å². The van der Waals surface area contributed by atoms with Gasteiger partial charge in [0.2, 0.25) is 5.82 Å². The van der Waals surface area contributed by atoms with Crippen LogP contribution in [0.25, 0.3) is 11.4 Å². The number of halogens is 4. The molecular weight excluding hydrogens is 576 g/mol. The van der Waals surface area contributed by atoms with Crippen LogP contribution in [0, 0.1) is 5.82 Å². The summed E-state index contributed by atoms with van der Waals surface area (Å²) in [6.45, 7) is 0.593. The van der Waals surface area contributed by atoms with Gasteiger partial charge in [-0.1, -0.05) is 0 Å². The first-order valence-electron chi connectivity index (χ1n) is 4.79. The molecule has 0 fully saturated rings. The molecule has 0 amide bonds. The molecule has 1 heterocycles. The summed E-state index contributed by atoms with van der Waals surface area (Å²) >= 11 is 6.74. The number of benzene rings is 1. The molecule has 8 heteroatoms. The molecule has 1 aromatic carbocycles. The van der Waals surface area contributed by atoms with Crippen molar-refractivity contribution >= 4 is 67.8 Å². The average Bonchev–Trinajstić information content (AvgIpc) is 2.78. The van der Waals surface area contributed by atoms with Crippen LogP contribution in [0.3, 0.4) is 0 Å². The lowest BCUT2D eigenvalue weighted by Gasteiger charge is -1.97. The topological polar surface area (TPSA) is 43.6 Å². The minimum Gasteiger partial charge on any atom is -0.207 e. The van der Waals surface area contributed by atoms with E-state index in [9.17, 15) is 4.39 Å². The van der Waals surface area contributed by atoms with E-state index in [0.717, 1.165) is 9.14 Å². The molecule has 0 bridgehead atoms. The molecule has 2 aromatic rings. The van der Waals surface area contributed by atoms with Crippen LogP contribution in [0.2, 0.25) is 0 Å². The molecule has 0 radical (unpaired) electrons. The van der Waals surface area contributed by atoms with E-state index in [-0.39, 0.29) is 5.82 Å². The maximum atomic E-state index is 12.8. The third kappa shape index (κ3) is 3.82. The van der Waals surface area contributed by atoms with Crippen LogP contribution in [-0.4, -0.2) is 20.2 Å². The van der Waals surface area contributed by atoms with Gasteiger partial charge < -0.3 is 0 Å². The minimum absolute atomic E-state index is 0.275. The Morgan fingerprint density at radius 1 is 1.17 bits per heavy atom. The predicted molar refractivity (Wildman–Crippen MR) is 92.3 cm³/mol. The van der Waals surface area contributed by atoms with Gasteiger partial charge in [0, 0.05) is 9.14 Å². The van der Waals surface area contributed by atoms with Crippen LogP contribution >= 0.6 is 67.8 Å². The minimum atomic E-state index is -0.275. The fourth-order valence-electron chi connectivity index (χ4n) is 1.21. The maximum Gasteiger partial charge on any atom is 0.204 e. The average molecular weight is 582 g/mol. The maximum absolute atomic E-state index is 12.8. The third-order valence-corrected chi connectivity index (χ3v) is 6.29. The molecule has 0 aliphatic rings. The zero-order valence-corrected chi connectivity index (χ0v) is 15.3. The third-order valence-electron chi connectivity index (χ3n) is 2.04. The van der Waals surface area contributed by atoms with Crippen LogP contribution in [0.4, 0.5) is 4.39 Å². The second-order valence-electron chi connectivity index (χ2n) is 3.32. The van der Waals surface area contributed by atoms with Crippen LogP contribution in [0.5, 0.6) is 0 Å². The van der Waals surface area contributed by atoms with Crippen molar-refractivity contribution in [2.45, 2.75) is 6.54 Å². The van der Waals surface area contributed by atoms with Gasteiger partial charge in [-0.3, -0.25) is 0 Å². The van der Waals surface area contributed by atoms with Crippen LogP contribution < -0.4 is 0 Å². The first-order chi connectivity index (χ1) is 8.56. The van der Waals surface area contributed by atoms with E-state index >= 15 is 0 Å². The van der Waals surface area contributed by atoms with Crippen molar-refractivity contribution in [2.24, 2.45) is 0 Å². The SMILES string of the molecule is Fc1ccc(-c2nnn(CC(I)=C(I)I)n2)cc1. The van der Waals surface area contributed by atoms with Crippen molar-refractivity contribution in [1.82, 2.24) is 20.2 Å². The van der Waals surface area contributed by atoms with Crippen LogP contribution in [0.15, 0.2) is 29.4 Å². The van der Waals surface area contributed by atoms with Gasteiger partial charge in [0.05, 0.1) is 8.13 Å². The van der Waals surface area contributed by atoms with E-state index in [4.69, 9.17) is 0 Å². The van der Waals surface area contributed by atoms with E-state index in [0.29, 0.717) is 12.4 Å². The van der Waals surface area contributed by atoms with Gasteiger partial charge in [-0.2, -0.15) is 4.80 Å². The molecular formula is C10H6FI3N4. The molecule has 1 aromatic heterocycles. The molecule has 2 rings (SSSR count). The van der Waals surface area contributed by atoms with E-state index in [1.165, 1.54) is 18.5 Å². The van der Waals surface area contributed by atoms with E-state index < -0.39 is 0 Å². The highest BCUT2D eigenvalue weighted by atomic mass is 127. The molecule has 18 heavy (non-hydrogen) atoms. The number of hydrogen-bond acceptors (Lipinski definition) is 3. The van der Waals surface area contributed by atoms with Gasteiger partial charge in [0.25, 0.3) is 0 Å². The molecule has 0 atom stereocenters. The Kier molecular flexibility index (Phi) is 5.29. The summed E-state index contributed by atoms with van der Waals surface area (Å²) < 4.78 is 15.1. The summed E-state index contributed by atoms with van der Waals surface area (Å²) in [4.78, 5) is 1.53. The van der Waals surface area contributed by atoms with Gasteiger partial charge in [0.15, 0.2) is 0 Å². The zero-order chi connectivity index (χ0) is 13.1. The lowest BCUT2D eigenvalue weighted by Crippen LogP contribution is -2.02. The largest absolute Gasteiger partial charge is 0.207 e. The fraction of sp³-hybridized carbons (Fsp3) is 0.100. The van der Waals surface area contributed by atoms with Gasteiger partial charge in [-0.15, -0.1) is 10.2 Å². The van der Waals surface area contributed by atoms with Gasteiger partial charge in [0.1, 0.15) is 5.82 Å². The molecule has 0 saturated carbocycles. The lowest BCUT2D eigenvalue weighted by atomic mass is 10.2. The Bertz CT molecular complexity index is 575. The van der Waals surface area contributed by atoms with E-state index in [1.807, 2.05) is 0 Å². The van der Waals surface area contributed by atoms with Crippen molar-refractivity contribution in [3.05, 3.63) is 35.2 Å². The normalized spacial score (nSPS) is 10.4. The quantitative estimate of drug-likeness (QED) is 0.516.